The molecule has 1 N–H and O–H groups in total. The normalized spacial score (nSPS) is 18.9. The number of ether oxygens (including phenoxy) is 3. The number of amides is 2. The molecule has 1 aromatic heterocycles. The van der Waals surface area contributed by atoms with Gasteiger partial charge in [0, 0.05) is 45.2 Å². The van der Waals surface area contributed by atoms with Crippen molar-refractivity contribution >= 4 is 52.8 Å². The molecule has 5 heterocycles. The molecule has 2 amide bonds. The van der Waals surface area contributed by atoms with Gasteiger partial charge in [0.2, 0.25) is 0 Å². The Labute approximate surface area is 291 Å². The lowest BCUT2D eigenvalue weighted by Gasteiger charge is -2.32. The van der Waals surface area contributed by atoms with Crippen molar-refractivity contribution in [2.24, 2.45) is 0 Å². The molecule has 4 aliphatic heterocycles. The molecule has 3 saturated heterocycles. The number of rotatable bonds is 2. The Kier molecular flexibility index (Phi) is 11.5. The zero-order valence-corrected chi connectivity index (χ0v) is 30.9. The van der Waals surface area contributed by atoms with Gasteiger partial charge in [0.1, 0.15) is 35.7 Å². The summed E-state index contributed by atoms with van der Waals surface area (Å²) in [6.45, 7) is 17.4. The minimum Gasteiger partial charge on any atom is -0.486 e. The first kappa shape index (κ1) is 37.5. The van der Waals surface area contributed by atoms with Crippen molar-refractivity contribution in [2.45, 2.75) is 85.0 Å². The van der Waals surface area contributed by atoms with E-state index in [1.54, 1.807) is 4.90 Å². The predicted molar refractivity (Wildman–Crippen MR) is 190 cm³/mol. The first-order chi connectivity index (χ1) is 22.0. The zero-order valence-electron chi connectivity index (χ0n) is 29.1. The lowest BCUT2D eigenvalue weighted by Crippen LogP contribution is -2.41. The molecule has 0 radical (unpaired) electrons. The van der Waals surface area contributed by atoms with Gasteiger partial charge in [0.05, 0.1) is 22.8 Å². The molecule has 6 rings (SSSR count). The number of anilines is 3. The van der Waals surface area contributed by atoms with Crippen LogP contribution in [0.4, 0.5) is 26.9 Å². The summed E-state index contributed by atoms with van der Waals surface area (Å²) in [5.74, 6) is 2.03. The fourth-order valence-corrected chi connectivity index (χ4v) is 6.99. The summed E-state index contributed by atoms with van der Waals surface area (Å²) >= 11 is 0. The molecule has 15 heteroatoms. The molecule has 266 valence electrons. The second-order valence-corrected chi connectivity index (χ2v) is 16.8. The number of hydrogen-bond acceptors (Lipinski definition) is 11. The number of benzene rings is 1. The molecule has 13 nitrogen and oxygen atoms in total. The summed E-state index contributed by atoms with van der Waals surface area (Å²) in [6.07, 6.45) is 2.91. The lowest BCUT2D eigenvalue weighted by atomic mass is 9.91. The van der Waals surface area contributed by atoms with E-state index >= 15 is 0 Å². The van der Waals surface area contributed by atoms with Crippen molar-refractivity contribution in [1.82, 2.24) is 20.2 Å². The third-order valence-corrected chi connectivity index (χ3v) is 9.83. The number of carbonyl (C=O) groups is 2. The number of sulfone groups is 1. The monoisotopic (exact) mass is 706 g/mol. The van der Waals surface area contributed by atoms with Crippen molar-refractivity contribution in [3.8, 4) is 5.75 Å². The summed E-state index contributed by atoms with van der Waals surface area (Å²) in [7, 11) is -3.06. The number of carbonyl (C=O) groups excluding carboxylic acids is 2. The maximum atomic E-state index is 13.6. The SMILES string of the molecule is CC(C)(C)OC(=O)N1CCCC1.Cc1cc(C2CNC2)cc2c1OCc1c(N3CCS(=O)(=O)CC3)ncnc1N2C(=O)OC(C)(C)C.S. The van der Waals surface area contributed by atoms with Crippen LogP contribution in [0, 0.1) is 6.92 Å². The number of aromatic nitrogens is 2. The Morgan fingerprint density at radius 3 is 2.04 bits per heavy atom. The van der Waals surface area contributed by atoms with E-state index in [0.717, 1.165) is 50.1 Å². The largest absolute Gasteiger partial charge is 0.486 e. The number of fused-ring (bicyclic) bond motifs is 2. The fraction of sp³-hybridized carbons (Fsp3) is 0.636. The van der Waals surface area contributed by atoms with Crippen LogP contribution in [-0.4, -0.2) is 97.4 Å². The highest BCUT2D eigenvalue weighted by Gasteiger charge is 2.37. The minimum absolute atomic E-state index is 0. The minimum atomic E-state index is -3.06. The van der Waals surface area contributed by atoms with E-state index in [4.69, 9.17) is 14.2 Å². The Morgan fingerprint density at radius 2 is 1.48 bits per heavy atom. The Balaban J connectivity index is 0.000000340. The van der Waals surface area contributed by atoms with Crippen molar-refractivity contribution in [2.75, 3.05) is 60.6 Å². The van der Waals surface area contributed by atoms with E-state index in [1.165, 1.54) is 11.2 Å². The van der Waals surface area contributed by atoms with Gasteiger partial charge in [-0.1, -0.05) is 6.07 Å². The van der Waals surface area contributed by atoms with Crippen LogP contribution in [0.3, 0.4) is 0 Å². The van der Waals surface area contributed by atoms with Crippen molar-refractivity contribution < 1.29 is 32.2 Å². The van der Waals surface area contributed by atoms with Gasteiger partial charge in [0.15, 0.2) is 15.7 Å². The zero-order chi connectivity index (χ0) is 34.1. The van der Waals surface area contributed by atoms with Gasteiger partial charge in [-0.3, -0.25) is 0 Å². The van der Waals surface area contributed by atoms with Crippen LogP contribution in [0.25, 0.3) is 0 Å². The van der Waals surface area contributed by atoms with Crippen LogP contribution in [0.1, 0.15) is 77.0 Å². The smallest absolute Gasteiger partial charge is 0.420 e. The van der Waals surface area contributed by atoms with Crippen LogP contribution >= 0.6 is 13.5 Å². The molecular formula is C33H50N6O7S2. The third-order valence-electron chi connectivity index (χ3n) is 8.22. The van der Waals surface area contributed by atoms with E-state index in [1.807, 2.05) is 59.4 Å². The molecule has 3 fully saturated rings. The second-order valence-electron chi connectivity index (χ2n) is 14.5. The summed E-state index contributed by atoms with van der Waals surface area (Å²) in [6, 6.07) is 4.10. The molecule has 4 aliphatic rings. The maximum Gasteiger partial charge on any atom is 0.420 e. The van der Waals surface area contributed by atoms with E-state index in [2.05, 4.69) is 21.4 Å². The van der Waals surface area contributed by atoms with Crippen LogP contribution in [-0.2, 0) is 25.9 Å². The molecule has 1 aromatic carbocycles. The molecule has 0 aliphatic carbocycles. The topological polar surface area (TPSA) is 144 Å². The Morgan fingerprint density at radius 1 is 0.896 bits per heavy atom. The number of nitrogens with zero attached hydrogens (tertiary/aromatic N) is 5. The first-order valence-corrected chi connectivity index (χ1v) is 18.1. The molecule has 0 saturated carbocycles. The van der Waals surface area contributed by atoms with Gasteiger partial charge < -0.3 is 29.3 Å². The summed E-state index contributed by atoms with van der Waals surface area (Å²) in [5.41, 5.74) is 2.18. The number of nitrogens with one attached hydrogen (secondary N) is 1. The molecule has 48 heavy (non-hydrogen) atoms. The number of hydrogen-bond donors (Lipinski definition) is 1. The second kappa shape index (κ2) is 14.7. The van der Waals surface area contributed by atoms with Gasteiger partial charge >= 0.3 is 12.2 Å². The predicted octanol–water partition coefficient (Wildman–Crippen LogP) is 4.80. The molecule has 0 bridgehead atoms. The Bertz CT molecular complexity index is 1580. The van der Waals surface area contributed by atoms with Crippen molar-refractivity contribution in [1.29, 1.82) is 0 Å². The van der Waals surface area contributed by atoms with E-state index in [0.29, 0.717) is 47.6 Å². The number of likely N-dealkylation sites (tertiary alicyclic amines) is 1. The fourth-order valence-electron chi connectivity index (χ4n) is 5.79. The van der Waals surface area contributed by atoms with Gasteiger partial charge in [-0.05, 0) is 78.5 Å². The van der Waals surface area contributed by atoms with Gasteiger partial charge in [0.25, 0.3) is 0 Å². The van der Waals surface area contributed by atoms with E-state index in [9.17, 15) is 18.0 Å². The quantitative estimate of drug-likeness (QED) is 0.460. The first-order valence-electron chi connectivity index (χ1n) is 16.3. The summed E-state index contributed by atoms with van der Waals surface area (Å²) in [5, 5.41) is 3.30. The maximum absolute atomic E-state index is 13.6. The summed E-state index contributed by atoms with van der Waals surface area (Å²) < 4.78 is 41.3. The van der Waals surface area contributed by atoms with E-state index in [-0.39, 0.29) is 43.3 Å². The highest BCUT2D eigenvalue weighted by molar-refractivity contribution is 7.91. The van der Waals surface area contributed by atoms with Crippen LogP contribution < -0.4 is 19.9 Å². The highest BCUT2D eigenvalue weighted by atomic mass is 32.2. The standard InChI is InChI=1S/C24H31N5O5S.C9H17NO2.H2S/c1-15-9-16(17-11-25-12-17)10-19-20(15)33-13-18-21(28-5-7-35(31,32)8-6-28)26-14-27-22(18)29(19)23(30)34-24(2,3)4;1-9(2,3)12-8(11)10-6-4-5-7-10;/h9-10,14,17,25H,5-8,11-13H2,1-4H3;4-7H2,1-3H3;1H2. The van der Waals surface area contributed by atoms with Crippen molar-refractivity contribution in [3.05, 3.63) is 35.2 Å². The summed E-state index contributed by atoms with van der Waals surface area (Å²) in [4.78, 5) is 39.2. The molecule has 0 atom stereocenters. The Hall–Kier alpha value is -3.30. The van der Waals surface area contributed by atoms with Crippen LogP contribution in [0.5, 0.6) is 5.75 Å². The number of aryl methyl sites for hydroxylation is 1. The molecule has 0 unspecified atom stereocenters. The molecular weight excluding hydrogens is 657 g/mol. The van der Waals surface area contributed by atoms with Gasteiger partial charge in [-0.25, -0.2) is 32.9 Å². The van der Waals surface area contributed by atoms with E-state index < -0.39 is 21.5 Å². The van der Waals surface area contributed by atoms with Crippen molar-refractivity contribution in [3.63, 3.8) is 0 Å². The average Bonchev–Trinajstić information content (AvgIpc) is 3.41. The van der Waals surface area contributed by atoms with Gasteiger partial charge in [-0.2, -0.15) is 13.5 Å². The third kappa shape index (κ3) is 9.03. The molecule has 0 spiro atoms. The van der Waals surface area contributed by atoms with Crippen LogP contribution in [0.15, 0.2) is 18.5 Å². The lowest BCUT2D eigenvalue weighted by molar-refractivity contribution is 0.0294. The van der Waals surface area contributed by atoms with Crippen LogP contribution in [0.2, 0.25) is 0 Å². The van der Waals surface area contributed by atoms with Gasteiger partial charge in [-0.15, -0.1) is 0 Å². The highest BCUT2D eigenvalue weighted by Crippen LogP contribution is 2.45. The molecule has 2 aromatic rings. The average molecular weight is 707 g/mol.